The summed E-state index contributed by atoms with van der Waals surface area (Å²) in [5.41, 5.74) is 5.47. The second-order valence-electron chi connectivity index (χ2n) is 15.2. The Morgan fingerprint density at radius 1 is 0.851 bits per heavy atom. The molecular weight excluding hydrogens is 582 g/mol. The van der Waals surface area contributed by atoms with Gasteiger partial charge in [0.1, 0.15) is 6.04 Å². The van der Waals surface area contributed by atoms with Gasteiger partial charge in [0, 0.05) is 31.1 Å². The molecule has 2 N–H and O–H groups in total. The van der Waals surface area contributed by atoms with Gasteiger partial charge in [0.15, 0.2) is 0 Å². The average molecular weight is 636 g/mol. The van der Waals surface area contributed by atoms with Gasteiger partial charge in [-0.2, -0.15) is 0 Å². The van der Waals surface area contributed by atoms with Gasteiger partial charge in [-0.3, -0.25) is 14.4 Å². The van der Waals surface area contributed by atoms with Gasteiger partial charge in [-0.1, -0.05) is 101 Å². The summed E-state index contributed by atoms with van der Waals surface area (Å²) in [6.45, 7) is 12.1. The standard InChI is InChI=1S/C41H53N3O3/c1-7-8-27-44(6)37(46)35(31-14-10-9-11-15-31)43-38(47)41-24-21-40(22-25-41,23-26-41)28-42-36(45)33-16-12-13-29(2)34(33)30-17-19-32(20-18-30)39(3,4)5/h9-20,35H,7-8,21-28H2,1-6H3,(H,42,45)(H,43,47)/t35-,40?,41?/m0/s1. The molecule has 0 radical (unpaired) electrons. The number of amides is 3. The van der Waals surface area contributed by atoms with Crippen LogP contribution in [0.25, 0.3) is 11.1 Å². The number of likely N-dealkylation sites (N-methyl/N-ethyl adjacent to an activating group) is 1. The molecule has 6 heteroatoms. The molecule has 3 aliphatic rings. The summed E-state index contributed by atoms with van der Waals surface area (Å²) >= 11 is 0. The number of hydrogen-bond acceptors (Lipinski definition) is 3. The zero-order valence-corrected chi connectivity index (χ0v) is 29.2. The van der Waals surface area contributed by atoms with Crippen LogP contribution in [-0.4, -0.2) is 42.8 Å². The van der Waals surface area contributed by atoms with Crippen molar-refractivity contribution < 1.29 is 14.4 Å². The first-order chi connectivity index (χ1) is 22.4. The smallest absolute Gasteiger partial charge is 0.251 e. The number of rotatable bonds is 11. The van der Waals surface area contributed by atoms with Crippen molar-refractivity contribution in [1.82, 2.24) is 15.5 Å². The van der Waals surface area contributed by atoms with Gasteiger partial charge in [0.2, 0.25) is 11.8 Å². The third-order valence-corrected chi connectivity index (χ3v) is 10.9. The Balaban J connectivity index is 1.24. The molecule has 6 nitrogen and oxygen atoms in total. The van der Waals surface area contributed by atoms with Crippen LogP contribution in [-0.2, 0) is 15.0 Å². The number of carbonyl (C=O) groups is 3. The maximum atomic E-state index is 14.0. The Morgan fingerprint density at radius 2 is 1.49 bits per heavy atom. The first kappa shape index (κ1) is 34.4. The summed E-state index contributed by atoms with van der Waals surface area (Å²) < 4.78 is 0. The van der Waals surface area contributed by atoms with Gasteiger partial charge >= 0.3 is 0 Å². The van der Waals surface area contributed by atoms with Crippen molar-refractivity contribution in [3.63, 3.8) is 0 Å². The van der Waals surface area contributed by atoms with Gasteiger partial charge in [0.25, 0.3) is 5.91 Å². The van der Waals surface area contributed by atoms with Crippen LogP contribution >= 0.6 is 0 Å². The number of benzene rings is 3. The summed E-state index contributed by atoms with van der Waals surface area (Å²) in [5, 5.41) is 6.51. The first-order valence-corrected chi connectivity index (χ1v) is 17.5. The molecule has 0 aromatic heterocycles. The van der Waals surface area contributed by atoms with E-state index in [2.05, 4.69) is 75.6 Å². The van der Waals surface area contributed by atoms with Crippen LogP contribution in [0.4, 0.5) is 0 Å². The van der Waals surface area contributed by atoms with Gasteiger partial charge in [-0.15, -0.1) is 0 Å². The molecular formula is C41H53N3O3. The lowest BCUT2D eigenvalue weighted by molar-refractivity contribution is -0.145. The molecule has 0 aliphatic heterocycles. The molecule has 3 aromatic carbocycles. The molecule has 2 bridgehead atoms. The molecule has 0 spiro atoms. The molecule has 0 heterocycles. The van der Waals surface area contributed by atoms with Crippen LogP contribution in [0.1, 0.15) is 112 Å². The van der Waals surface area contributed by atoms with Crippen molar-refractivity contribution in [3.8, 4) is 11.1 Å². The van der Waals surface area contributed by atoms with Gasteiger partial charge < -0.3 is 15.5 Å². The minimum Gasteiger partial charge on any atom is -0.351 e. The second-order valence-corrected chi connectivity index (χ2v) is 15.2. The number of aryl methyl sites for hydroxylation is 1. The predicted molar refractivity (Wildman–Crippen MR) is 190 cm³/mol. The predicted octanol–water partition coefficient (Wildman–Crippen LogP) is 8.15. The molecule has 47 heavy (non-hydrogen) atoms. The Morgan fingerprint density at radius 3 is 2.09 bits per heavy atom. The monoisotopic (exact) mass is 635 g/mol. The van der Waals surface area contributed by atoms with Gasteiger partial charge in [-0.05, 0) is 96.6 Å². The van der Waals surface area contributed by atoms with E-state index < -0.39 is 11.5 Å². The van der Waals surface area contributed by atoms with E-state index in [9.17, 15) is 14.4 Å². The van der Waals surface area contributed by atoms with Crippen LogP contribution in [0.15, 0.2) is 72.8 Å². The molecule has 3 aromatic rings. The third-order valence-electron chi connectivity index (χ3n) is 10.9. The van der Waals surface area contributed by atoms with E-state index in [0.717, 1.165) is 73.6 Å². The van der Waals surface area contributed by atoms with E-state index in [1.54, 1.807) is 4.90 Å². The lowest BCUT2D eigenvalue weighted by Gasteiger charge is -2.52. The average Bonchev–Trinajstić information content (AvgIpc) is 3.08. The number of hydrogen-bond donors (Lipinski definition) is 2. The molecule has 3 aliphatic carbocycles. The SMILES string of the molecule is CCCCN(C)C(=O)[C@@H](NC(=O)C12CCC(CNC(=O)c3cccc(C)c3-c3ccc(C(C)(C)C)cc3)(CC1)CC2)c1ccccc1. The molecule has 0 saturated heterocycles. The normalized spacial score (nSPS) is 21.1. The van der Waals surface area contributed by atoms with E-state index >= 15 is 0 Å². The van der Waals surface area contributed by atoms with Crippen LogP contribution in [0, 0.1) is 17.8 Å². The topological polar surface area (TPSA) is 78.5 Å². The fourth-order valence-corrected chi connectivity index (χ4v) is 7.55. The summed E-state index contributed by atoms with van der Waals surface area (Å²) in [7, 11) is 1.82. The number of fused-ring (bicyclic) bond motifs is 3. The van der Waals surface area contributed by atoms with Crippen molar-refractivity contribution >= 4 is 17.7 Å². The summed E-state index contributed by atoms with van der Waals surface area (Å²) in [6.07, 6.45) is 6.89. The maximum absolute atomic E-state index is 14.0. The number of unbranched alkanes of at least 4 members (excludes halogenated alkanes) is 1. The number of carbonyl (C=O) groups excluding carboxylic acids is 3. The van der Waals surface area contributed by atoms with Crippen LogP contribution in [0.5, 0.6) is 0 Å². The van der Waals surface area contributed by atoms with Crippen LogP contribution in [0.2, 0.25) is 0 Å². The first-order valence-electron chi connectivity index (χ1n) is 17.5. The van der Waals surface area contributed by atoms with Gasteiger partial charge in [0.05, 0.1) is 0 Å². The Hall–Kier alpha value is -3.93. The zero-order valence-electron chi connectivity index (χ0n) is 29.2. The van der Waals surface area contributed by atoms with Gasteiger partial charge in [-0.25, -0.2) is 0 Å². The highest BCUT2D eigenvalue weighted by atomic mass is 16.2. The maximum Gasteiger partial charge on any atom is 0.251 e. The fourth-order valence-electron chi connectivity index (χ4n) is 7.55. The van der Waals surface area contributed by atoms with Crippen molar-refractivity contribution in [2.24, 2.45) is 10.8 Å². The van der Waals surface area contributed by atoms with Crippen LogP contribution < -0.4 is 10.6 Å². The molecule has 1 atom stereocenters. The Bertz CT molecular complexity index is 1550. The molecule has 0 unspecified atom stereocenters. The van der Waals surface area contributed by atoms with Crippen molar-refractivity contribution in [1.29, 1.82) is 0 Å². The molecule has 3 amide bonds. The second kappa shape index (κ2) is 14.0. The summed E-state index contributed by atoms with van der Waals surface area (Å²) in [4.78, 5) is 43.0. The van der Waals surface area contributed by atoms with Crippen molar-refractivity contribution in [2.75, 3.05) is 20.1 Å². The molecule has 3 saturated carbocycles. The van der Waals surface area contributed by atoms with Crippen molar-refractivity contribution in [3.05, 3.63) is 95.1 Å². The third kappa shape index (κ3) is 7.47. The highest BCUT2D eigenvalue weighted by Crippen LogP contribution is 2.57. The van der Waals surface area contributed by atoms with Crippen molar-refractivity contribution in [2.45, 2.75) is 97.4 Å². The van der Waals surface area contributed by atoms with E-state index in [1.807, 2.05) is 49.5 Å². The van der Waals surface area contributed by atoms with Crippen LogP contribution in [0.3, 0.4) is 0 Å². The lowest BCUT2D eigenvalue weighted by atomic mass is 9.53. The molecule has 6 rings (SSSR count). The summed E-state index contributed by atoms with van der Waals surface area (Å²) in [5.74, 6) is -0.129. The van der Waals surface area contributed by atoms with E-state index in [-0.39, 0.29) is 28.6 Å². The summed E-state index contributed by atoms with van der Waals surface area (Å²) in [6, 6.07) is 23.4. The minimum absolute atomic E-state index is 0.00887. The number of nitrogens with one attached hydrogen (secondary N) is 2. The van der Waals surface area contributed by atoms with E-state index in [4.69, 9.17) is 0 Å². The Kier molecular flexibility index (Phi) is 10.3. The highest BCUT2D eigenvalue weighted by molar-refractivity contribution is 6.01. The van der Waals surface area contributed by atoms with E-state index in [0.29, 0.717) is 18.7 Å². The molecule has 3 fully saturated rings. The highest BCUT2D eigenvalue weighted by Gasteiger charge is 2.53. The number of nitrogens with zero attached hydrogens (tertiary/aromatic N) is 1. The quantitative estimate of drug-likeness (QED) is 0.223. The lowest BCUT2D eigenvalue weighted by Crippen LogP contribution is -2.54. The molecule has 250 valence electrons. The van der Waals surface area contributed by atoms with E-state index in [1.165, 1.54) is 5.56 Å². The fraction of sp³-hybridized carbons (Fsp3) is 0.488. The minimum atomic E-state index is -0.694. The Labute approximate surface area is 281 Å². The largest absolute Gasteiger partial charge is 0.351 e. The zero-order chi connectivity index (χ0) is 33.8.